The summed E-state index contributed by atoms with van der Waals surface area (Å²) in [6, 6.07) is 6.03. The van der Waals surface area contributed by atoms with E-state index in [1.54, 1.807) is 12.1 Å². The first-order chi connectivity index (χ1) is 9.04. The van der Waals surface area contributed by atoms with Gasteiger partial charge in [0, 0.05) is 13.2 Å². The zero-order valence-electron chi connectivity index (χ0n) is 10.4. The molecule has 0 amide bonds. The van der Waals surface area contributed by atoms with E-state index in [1.165, 1.54) is 12.1 Å². The van der Waals surface area contributed by atoms with Crippen LogP contribution in [0.25, 0.3) is 0 Å². The van der Waals surface area contributed by atoms with Gasteiger partial charge in [-0.3, -0.25) is 0 Å². The topological polar surface area (TPSA) is 30.5 Å². The molecule has 6 heteroatoms. The fraction of sp³-hybridized carbons (Fsp3) is 0.538. The van der Waals surface area contributed by atoms with E-state index in [1.807, 2.05) is 0 Å². The molecule has 0 aliphatic carbocycles. The molecule has 2 rings (SSSR count). The third-order valence-electron chi connectivity index (χ3n) is 2.92. The Morgan fingerprint density at radius 3 is 2.79 bits per heavy atom. The van der Waals surface area contributed by atoms with E-state index in [4.69, 9.17) is 4.74 Å². The molecule has 1 aromatic rings. The second-order valence-electron chi connectivity index (χ2n) is 4.39. The molecule has 0 radical (unpaired) electrons. The fourth-order valence-electron chi connectivity index (χ4n) is 2.07. The lowest BCUT2D eigenvalue weighted by molar-refractivity contribution is -0.274. The summed E-state index contributed by atoms with van der Waals surface area (Å²) in [5.41, 5.74) is 0.345. The van der Waals surface area contributed by atoms with Gasteiger partial charge in [0.05, 0.1) is 11.8 Å². The van der Waals surface area contributed by atoms with E-state index in [9.17, 15) is 13.2 Å². The Morgan fingerprint density at radius 2 is 2.11 bits per heavy atom. The van der Waals surface area contributed by atoms with Gasteiger partial charge < -0.3 is 14.8 Å². The summed E-state index contributed by atoms with van der Waals surface area (Å²) < 4.78 is 46.1. The molecule has 0 spiro atoms. The van der Waals surface area contributed by atoms with E-state index in [2.05, 4.69) is 10.1 Å². The number of hydrogen-bond acceptors (Lipinski definition) is 3. The van der Waals surface area contributed by atoms with Crippen LogP contribution in [-0.4, -0.2) is 25.6 Å². The minimum atomic E-state index is -4.67. The van der Waals surface area contributed by atoms with E-state index in [0.29, 0.717) is 12.2 Å². The first kappa shape index (κ1) is 14.0. The van der Waals surface area contributed by atoms with Crippen LogP contribution in [0.5, 0.6) is 5.75 Å². The van der Waals surface area contributed by atoms with Crippen LogP contribution in [0.2, 0.25) is 0 Å². The number of halogens is 3. The Bertz CT molecular complexity index is 403. The van der Waals surface area contributed by atoms with E-state index < -0.39 is 6.36 Å². The van der Waals surface area contributed by atoms with Gasteiger partial charge in [0.1, 0.15) is 0 Å². The Hall–Kier alpha value is -1.43. The molecule has 0 aromatic heterocycles. The molecular formula is C13H16F3NO2. The van der Waals surface area contributed by atoms with Crippen LogP contribution >= 0.6 is 0 Å². The van der Waals surface area contributed by atoms with Crippen LogP contribution < -0.4 is 10.1 Å². The summed E-state index contributed by atoms with van der Waals surface area (Å²) in [5.74, 6) is -0.206. The zero-order chi connectivity index (χ0) is 13.7. The number of nitrogens with one attached hydrogen (secondary N) is 1. The van der Waals surface area contributed by atoms with Gasteiger partial charge in [-0.15, -0.1) is 13.2 Å². The van der Waals surface area contributed by atoms with Crippen LogP contribution in [0.1, 0.15) is 19.3 Å². The largest absolute Gasteiger partial charge is 0.573 e. The number of ether oxygens (including phenoxy) is 2. The highest BCUT2D eigenvalue weighted by molar-refractivity contribution is 5.56. The highest BCUT2D eigenvalue weighted by Gasteiger charge is 2.32. The van der Waals surface area contributed by atoms with Crippen molar-refractivity contribution >= 4 is 5.69 Å². The number of hydrogen-bond donors (Lipinski definition) is 1. The normalized spacial score (nSPS) is 19.4. The monoisotopic (exact) mass is 275 g/mol. The predicted octanol–water partition coefficient (Wildman–Crippen LogP) is 3.57. The Morgan fingerprint density at radius 1 is 1.32 bits per heavy atom. The molecule has 3 nitrogen and oxygen atoms in total. The molecule has 0 saturated carbocycles. The van der Waals surface area contributed by atoms with Crippen molar-refractivity contribution in [1.82, 2.24) is 0 Å². The fourth-order valence-corrected chi connectivity index (χ4v) is 2.07. The van der Waals surface area contributed by atoms with Gasteiger partial charge in [0.15, 0.2) is 5.75 Å². The van der Waals surface area contributed by atoms with Crippen molar-refractivity contribution in [3.63, 3.8) is 0 Å². The van der Waals surface area contributed by atoms with Crippen LogP contribution in [0, 0.1) is 0 Å². The Balaban J connectivity index is 1.88. The molecule has 1 heterocycles. The van der Waals surface area contributed by atoms with Crippen molar-refractivity contribution in [2.45, 2.75) is 31.7 Å². The second-order valence-corrected chi connectivity index (χ2v) is 4.39. The van der Waals surface area contributed by atoms with E-state index in [0.717, 1.165) is 25.9 Å². The number of rotatable bonds is 5. The lowest BCUT2D eigenvalue weighted by Gasteiger charge is -2.15. The number of para-hydroxylation sites is 2. The molecular weight excluding hydrogens is 259 g/mol. The highest BCUT2D eigenvalue weighted by atomic mass is 19.4. The van der Waals surface area contributed by atoms with Gasteiger partial charge >= 0.3 is 6.36 Å². The molecule has 1 fully saturated rings. The molecule has 0 bridgehead atoms. The summed E-state index contributed by atoms with van der Waals surface area (Å²) in [7, 11) is 0. The van der Waals surface area contributed by atoms with Crippen molar-refractivity contribution in [2.24, 2.45) is 0 Å². The van der Waals surface area contributed by atoms with Gasteiger partial charge in [-0.05, 0) is 31.4 Å². The Labute approximate surface area is 109 Å². The van der Waals surface area contributed by atoms with Crippen LogP contribution in [0.3, 0.4) is 0 Å². The van der Waals surface area contributed by atoms with Crippen molar-refractivity contribution in [3.05, 3.63) is 24.3 Å². The number of alkyl halides is 3. The predicted molar refractivity (Wildman–Crippen MR) is 65.2 cm³/mol. The molecule has 1 unspecified atom stereocenters. The van der Waals surface area contributed by atoms with Gasteiger partial charge in [0.25, 0.3) is 0 Å². The Kier molecular flexibility index (Phi) is 4.52. The van der Waals surface area contributed by atoms with E-state index in [-0.39, 0.29) is 11.9 Å². The number of benzene rings is 1. The second kappa shape index (κ2) is 6.14. The summed E-state index contributed by atoms with van der Waals surface area (Å²) in [6.45, 7) is 1.33. The van der Waals surface area contributed by atoms with Crippen molar-refractivity contribution in [1.29, 1.82) is 0 Å². The minimum Gasteiger partial charge on any atom is -0.404 e. The highest BCUT2D eigenvalue weighted by Crippen LogP contribution is 2.30. The zero-order valence-corrected chi connectivity index (χ0v) is 10.4. The first-order valence-electron chi connectivity index (χ1n) is 6.25. The third-order valence-corrected chi connectivity index (χ3v) is 2.92. The average Bonchev–Trinajstić information content (AvgIpc) is 2.82. The lowest BCUT2D eigenvalue weighted by Crippen LogP contribution is -2.19. The maximum Gasteiger partial charge on any atom is 0.573 e. The van der Waals surface area contributed by atoms with Crippen LogP contribution in [0.15, 0.2) is 24.3 Å². The smallest absolute Gasteiger partial charge is 0.404 e. The molecule has 1 aliphatic heterocycles. The van der Waals surface area contributed by atoms with E-state index >= 15 is 0 Å². The number of anilines is 1. The van der Waals surface area contributed by atoms with Crippen molar-refractivity contribution in [3.8, 4) is 5.75 Å². The SMILES string of the molecule is FC(F)(F)Oc1ccccc1NCCC1CCCO1. The average molecular weight is 275 g/mol. The van der Waals surface area contributed by atoms with Crippen LogP contribution in [-0.2, 0) is 4.74 Å². The first-order valence-corrected chi connectivity index (χ1v) is 6.25. The molecule has 1 aliphatic rings. The summed E-state index contributed by atoms with van der Waals surface area (Å²) in [6.07, 6.45) is -1.61. The quantitative estimate of drug-likeness (QED) is 0.891. The van der Waals surface area contributed by atoms with Crippen molar-refractivity contribution < 1.29 is 22.6 Å². The molecule has 1 saturated heterocycles. The molecule has 1 N–H and O–H groups in total. The van der Waals surface area contributed by atoms with Gasteiger partial charge in [-0.1, -0.05) is 12.1 Å². The third kappa shape index (κ3) is 4.63. The molecule has 19 heavy (non-hydrogen) atoms. The van der Waals surface area contributed by atoms with Crippen molar-refractivity contribution in [2.75, 3.05) is 18.5 Å². The maximum absolute atomic E-state index is 12.2. The van der Waals surface area contributed by atoms with Gasteiger partial charge in [0.2, 0.25) is 0 Å². The van der Waals surface area contributed by atoms with Gasteiger partial charge in [-0.2, -0.15) is 0 Å². The standard InChI is InChI=1S/C13H16F3NO2/c14-13(15,16)19-12-6-2-1-5-11(12)17-8-7-10-4-3-9-18-10/h1-2,5-6,10,17H,3-4,7-9H2. The summed E-state index contributed by atoms with van der Waals surface area (Å²) >= 11 is 0. The summed E-state index contributed by atoms with van der Waals surface area (Å²) in [5, 5.41) is 2.96. The molecule has 106 valence electrons. The minimum absolute atomic E-state index is 0.206. The summed E-state index contributed by atoms with van der Waals surface area (Å²) in [4.78, 5) is 0. The van der Waals surface area contributed by atoms with Gasteiger partial charge in [-0.25, -0.2) is 0 Å². The molecule has 1 aromatic carbocycles. The lowest BCUT2D eigenvalue weighted by atomic mass is 10.2. The van der Waals surface area contributed by atoms with Crippen LogP contribution in [0.4, 0.5) is 18.9 Å². The molecule has 1 atom stereocenters. The maximum atomic E-state index is 12.2.